The predicted molar refractivity (Wildman–Crippen MR) is 107 cm³/mol. The minimum Gasteiger partial charge on any atom is -0.497 e. The van der Waals surface area contributed by atoms with Crippen molar-refractivity contribution in [3.63, 3.8) is 0 Å². The summed E-state index contributed by atoms with van der Waals surface area (Å²) in [7, 11) is 3.16. The first-order chi connectivity index (χ1) is 13.4. The van der Waals surface area contributed by atoms with E-state index in [9.17, 15) is 14.7 Å². The predicted octanol–water partition coefficient (Wildman–Crippen LogP) is 3.26. The van der Waals surface area contributed by atoms with Gasteiger partial charge in [-0.2, -0.15) is 0 Å². The summed E-state index contributed by atoms with van der Waals surface area (Å²) in [6, 6.07) is 14.9. The molecule has 0 radical (unpaired) electrons. The number of aliphatic carboxylic acids is 1. The molecule has 0 fully saturated rings. The first-order valence-corrected chi connectivity index (χ1v) is 9.20. The van der Waals surface area contributed by atoms with E-state index in [1.54, 1.807) is 20.3 Å². The Morgan fingerprint density at radius 1 is 1.04 bits per heavy atom. The van der Waals surface area contributed by atoms with Crippen LogP contribution in [0.3, 0.4) is 0 Å². The van der Waals surface area contributed by atoms with Crippen molar-refractivity contribution in [2.75, 3.05) is 20.8 Å². The number of para-hydroxylation sites is 1. The standard InChI is InChI=1S/C22H27NO5/c1-15(16-8-10-19(27-2)11-9-16)12-21(24)23-14-18(22(25)26)13-17-6-4-5-7-20(17)28-3/h4-11,15,18H,12-14H2,1-3H3,(H,23,24)(H,25,26). The number of rotatable bonds is 10. The molecule has 2 N–H and O–H groups in total. The van der Waals surface area contributed by atoms with Gasteiger partial charge in [-0.25, -0.2) is 0 Å². The molecule has 0 saturated heterocycles. The van der Waals surface area contributed by atoms with Gasteiger partial charge in [-0.3, -0.25) is 9.59 Å². The van der Waals surface area contributed by atoms with E-state index < -0.39 is 11.9 Å². The number of hydrogen-bond acceptors (Lipinski definition) is 4. The van der Waals surface area contributed by atoms with Gasteiger partial charge in [0.2, 0.25) is 5.91 Å². The highest BCUT2D eigenvalue weighted by Gasteiger charge is 2.21. The number of hydrogen-bond donors (Lipinski definition) is 2. The van der Waals surface area contributed by atoms with Gasteiger partial charge >= 0.3 is 5.97 Å². The van der Waals surface area contributed by atoms with Crippen LogP contribution in [0.25, 0.3) is 0 Å². The maximum absolute atomic E-state index is 12.3. The van der Waals surface area contributed by atoms with Crippen molar-refractivity contribution in [3.05, 3.63) is 59.7 Å². The number of carboxylic acids is 1. The summed E-state index contributed by atoms with van der Waals surface area (Å²) < 4.78 is 10.4. The molecule has 0 aliphatic carbocycles. The molecule has 28 heavy (non-hydrogen) atoms. The van der Waals surface area contributed by atoms with Crippen LogP contribution in [0.4, 0.5) is 0 Å². The van der Waals surface area contributed by atoms with Gasteiger partial charge in [-0.15, -0.1) is 0 Å². The second-order valence-corrected chi connectivity index (χ2v) is 6.73. The van der Waals surface area contributed by atoms with E-state index in [2.05, 4.69) is 5.32 Å². The summed E-state index contributed by atoms with van der Waals surface area (Å²) in [6.45, 7) is 2.03. The molecule has 0 aliphatic rings. The molecule has 0 aliphatic heterocycles. The van der Waals surface area contributed by atoms with E-state index >= 15 is 0 Å². The van der Waals surface area contributed by atoms with Crippen LogP contribution in [-0.4, -0.2) is 37.7 Å². The van der Waals surface area contributed by atoms with Gasteiger partial charge in [0.25, 0.3) is 0 Å². The third-order valence-corrected chi connectivity index (χ3v) is 4.73. The minimum absolute atomic E-state index is 0.0170. The molecule has 2 rings (SSSR count). The minimum atomic E-state index is -0.950. The molecule has 2 aromatic rings. The van der Waals surface area contributed by atoms with E-state index in [1.807, 2.05) is 49.4 Å². The molecule has 1 amide bonds. The second kappa shape index (κ2) is 10.3. The molecule has 2 unspecified atom stereocenters. The number of carbonyl (C=O) groups is 2. The third kappa shape index (κ3) is 6.01. The molecule has 150 valence electrons. The molecule has 0 heterocycles. The number of amides is 1. The topological polar surface area (TPSA) is 84.9 Å². The number of methoxy groups -OCH3 is 2. The van der Waals surface area contributed by atoms with Crippen LogP contribution in [0.1, 0.15) is 30.4 Å². The Balaban J connectivity index is 1.91. The average molecular weight is 385 g/mol. The molecule has 0 aromatic heterocycles. The van der Waals surface area contributed by atoms with Crippen LogP contribution in [0.15, 0.2) is 48.5 Å². The molecule has 2 aromatic carbocycles. The lowest BCUT2D eigenvalue weighted by molar-refractivity contribution is -0.141. The Labute approximate surface area is 165 Å². The Bertz CT molecular complexity index is 788. The first kappa shape index (κ1) is 21.3. The van der Waals surface area contributed by atoms with E-state index in [0.717, 1.165) is 16.9 Å². The molecule has 6 nitrogen and oxygen atoms in total. The highest BCUT2D eigenvalue weighted by atomic mass is 16.5. The van der Waals surface area contributed by atoms with Gasteiger partial charge in [0.05, 0.1) is 20.1 Å². The summed E-state index contributed by atoms with van der Waals surface area (Å²) in [4.78, 5) is 23.9. The van der Waals surface area contributed by atoms with Gasteiger partial charge in [0.1, 0.15) is 11.5 Å². The van der Waals surface area contributed by atoms with Gasteiger partial charge < -0.3 is 19.9 Å². The Kier molecular flexibility index (Phi) is 7.87. The lowest BCUT2D eigenvalue weighted by Crippen LogP contribution is -2.34. The zero-order valence-electron chi connectivity index (χ0n) is 16.5. The smallest absolute Gasteiger partial charge is 0.308 e. The largest absolute Gasteiger partial charge is 0.497 e. The van der Waals surface area contributed by atoms with Gasteiger partial charge in [0, 0.05) is 13.0 Å². The quantitative estimate of drug-likeness (QED) is 0.656. The van der Waals surface area contributed by atoms with Crippen LogP contribution in [-0.2, 0) is 16.0 Å². The van der Waals surface area contributed by atoms with E-state index in [4.69, 9.17) is 9.47 Å². The van der Waals surface area contributed by atoms with E-state index in [-0.39, 0.29) is 31.2 Å². The van der Waals surface area contributed by atoms with Crippen molar-refractivity contribution >= 4 is 11.9 Å². The fourth-order valence-corrected chi connectivity index (χ4v) is 3.02. The molecular weight excluding hydrogens is 358 g/mol. The zero-order chi connectivity index (χ0) is 20.5. The van der Waals surface area contributed by atoms with Crippen LogP contribution < -0.4 is 14.8 Å². The number of carboxylic acid groups (broad SMARTS) is 1. The van der Waals surface area contributed by atoms with Crippen molar-refractivity contribution in [1.29, 1.82) is 0 Å². The SMILES string of the molecule is COc1ccc(C(C)CC(=O)NCC(Cc2ccccc2OC)C(=O)O)cc1. The number of nitrogens with one attached hydrogen (secondary N) is 1. The molecule has 0 saturated carbocycles. The second-order valence-electron chi connectivity index (χ2n) is 6.73. The average Bonchev–Trinajstić information content (AvgIpc) is 2.71. The molecule has 0 bridgehead atoms. The summed E-state index contributed by atoms with van der Waals surface area (Å²) in [5.74, 6) is -0.418. The summed E-state index contributed by atoms with van der Waals surface area (Å²) >= 11 is 0. The van der Waals surface area contributed by atoms with Crippen LogP contribution in [0, 0.1) is 5.92 Å². The number of benzene rings is 2. The Hall–Kier alpha value is -3.02. The van der Waals surface area contributed by atoms with Gasteiger partial charge in [-0.05, 0) is 41.7 Å². The van der Waals surface area contributed by atoms with Crippen LogP contribution >= 0.6 is 0 Å². The monoisotopic (exact) mass is 385 g/mol. The molecular formula is C22H27NO5. The first-order valence-electron chi connectivity index (χ1n) is 9.20. The van der Waals surface area contributed by atoms with Gasteiger partial charge in [0.15, 0.2) is 0 Å². The molecule has 0 spiro atoms. The highest BCUT2D eigenvalue weighted by molar-refractivity contribution is 5.78. The van der Waals surface area contributed by atoms with Crippen LogP contribution in [0.2, 0.25) is 0 Å². The summed E-state index contributed by atoms with van der Waals surface area (Å²) in [5, 5.41) is 12.3. The van der Waals surface area contributed by atoms with Crippen molar-refractivity contribution in [2.45, 2.75) is 25.7 Å². The normalized spacial score (nSPS) is 12.7. The van der Waals surface area contributed by atoms with E-state index in [1.165, 1.54) is 0 Å². The van der Waals surface area contributed by atoms with Crippen molar-refractivity contribution in [2.24, 2.45) is 5.92 Å². The lowest BCUT2D eigenvalue weighted by atomic mass is 9.96. The number of carbonyl (C=O) groups excluding carboxylic acids is 1. The van der Waals surface area contributed by atoms with E-state index in [0.29, 0.717) is 5.75 Å². The third-order valence-electron chi connectivity index (χ3n) is 4.73. The van der Waals surface area contributed by atoms with Gasteiger partial charge in [-0.1, -0.05) is 37.3 Å². The number of ether oxygens (including phenoxy) is 2. The van der Waals surface area contributed by atoms with Crippen LogP contribution in [0.5, 0.6) is 11.5 Å². The van der Waals surface area contributed by atoms with Crippen molar-refractivity contribution < 1.29 is 24.2 Å². The maximum Gasteiger partial charge on any atom is 0.308 e. The van der Waals surface area contributed by atoms with Crippen molar-refractivity contribution in [3.8, 4) is 11.5 Å². The fraction of sp³-hybridized carbons (Fsp3) is 0.364. The maximum atomic E-state index is 12.3. The van der Waals surface area contributed by atoms with Crippen molar-refractivity contribution in [1.82, 2.24) is 5.32 Å². The fourth-order valence-electron chi connectivity index (χ4n) is 3.02. The Morgan fingerprint density at radius 2 is 1.71 bits per heavy atom. The zero-order valence-corrected chi connectivity index (χ0v) is 16.5. The Morgan fingerprint density at radius 3 is 2.32 bits per heavy atom. The lowest BCUT2D eigenvalue weighted by Gasteiger charge is -2.17. The summed E-state index contributed by atoms with van der Waals surface area (Å²) in [5.41, 5.74) is 1.83. The highest BCUT2D eigenvalue weighted by Crippen LogP contribution is 2.23. The molecule has 6 heteroatoms. The molecule has 2 atom stereocenters. The summed E-state index contributed by atoms with van der Waals surface area (Å²) in [6.07, 6.45) is 0.570.